The molecule has 0 saturated heterocycles. The van der Waals surface area contributed by atoms with Crippen LogP contribution in [0.5, 0.6) is 11.5 Å². The molecule has 1 N–H and O–H groups in total. The van der Waals surface area contributed by atoms with Crippen molar-refractivity contribution in [3.05, 3.63) is 45.9 Å². The van der Waals surface area contributed by atoms with E-state index in [2.05, 4.69) is 15.5 Å². The molecule has 28 heavy (non-hydrogen) atoms. The van der Waals surface area contributed by atoms with E-state index in [1.165, 1.54) is 33.3 Å². The van der Waals surface area contributed by atoms with E-state index in [4.69, 9.17) is 32.7 Å². The summed E-state index contributed by atoms with van der Waals surface area (Å²) in [6, 6.07) is 6.79. The van der Waals surface area contributed by atoms with E-state index in [0.29, 0.717) is 27.2 Å². The van der Waals surface area contributed by atoms with Crippen molar-refractivity contribution in [2.24, 2.45) is 10.2 Å². The van der Waals surface area contributed by atoms with Gasteiger partial charge in [-0.3, -0.25) is 9.59 Å². The molecule has 0 spiro atoms. The Balaban J connectivity index is 2.29. The molecule has 0 aliphatic rings. The SMILES string of the molecule is COc1cc(NC(=O)C(N=Nc2ccc(C)cc2Cl)C(C)=O)c(OC)cc1Cl. The van der Waals surface area contributed by atoms with Gasteiger partial charge in [-0.1, -0.05) is 29.3 Å². The molecule has 1 atom stereocenters. The van der Waals surface area contributed by atoms with Crippen LogP contribution in [0.15, 0.2) is 40.6 Å². The molecule has 2 rings (SSSR count). The zero-order valence-corrected chi connectivity index (χ0v) is 17.3. The van der Waals surface area contributed by atoms with E-state index in [0.717, 1.165) is 5.56 Å². The highest BCUT2D eigenvalue weighted by atomic mass is 35.5. The minimum atomic E-state index is -1.36. The standard InChI is InChI=1S/C19H19Cl2N3O4/c1-10-5-6-14(12(20)7-10)23-24-18(11(2)25)19(26)22-15-9-16(27-3)13(21)8-17(15)28-4/h5-9,18H,1-4H3,(H,22,26). The van der Waals surface area contributed by atoms with Crippen LogP contribution in [-0.2, 0) is 9.59 Å². The molecule has 0 radical (unpaired) electrons. The number of nitrogens with one attached hydrogen (secondary N) is 1. The molecule has 2 aromatic rings. The molecule has 0 aromatic heterocycles. The van der Waals surface area contributed by atoms with Gasteiger partial charge in [-0.05, 0) is 31.5 Å². The Kier molecular flexibility index (Phi) is 7.37. The van der Waals surface area contributed by atoms with Crippen molar-refractivity contribution in [1.29, 1.82) is 0 Å². The van der Waals surface area contributed by atoms with Gasteiger partial charge < -0.3 is 14.8 Å². The topological polar surface area (TPSA) is 89.4 Å². The highest BCUT2D eigenvalue weighted by molar-refractivity contribution is 6.33. The summed E-state index contributed by atoms with van der Waals surface area (Å²) >= 11 is 12.2. The van der Waals surface area contributed by atoms with E-state index in [9.17, 15) is 9.59 Å². The first-order valence-corrected chi connectivity index (χ1v) is 8.92. The average Bonchev–Trinajstić information content (AvgIpc) is 2.64. The van der Waals surface area contributed by atoms with Crippen molar-refractivity contribution in [2.45, 2.75) is 19.9 Å². The lowest BCUT2D eigenvalue weighted by atomic mass is 10.2. The summed E-state index contributed by atoms with van der Waals surface area (Å²) in [6.07, 6.45) is 0. The highest BCUT2D eigenvalue weighted by Gasteiger charge is 2.25. The number of benzene rings is 2. The van der Waals surface area contributed by atoms with Crippen LogP contribution in [-0.4, -0.2) is 32.0 Å². The van der Waals surface area contributed by atoms with Crippen LogP contribution in [0.4, 0.5) is 11.4 Å². The Labute approximate surface area is 172 Å². The van der Waals surface area contributed by atoms with Gasteiger partial charge in [-0.25, -0.2) is 0 Å². The molecule has 9 heteroatoms. The minimum Gasteiger partial charge on any atom is -0.495 e. The van der Waals surface area contributed by atoms with Crippen molar-refractivity contribution < 1.29 is 19.1 Å². The molecular formula is C19H19Cl2N3O4. The Hall–Kier alpha value is -2.64. The summed E-state index contributed by atoms with van der Waals surface area (Å²) in [5.74, 6) is -0.517. The Morgan fingerprint density at radius 1 is 1.04 bits per heavy atom. The molecule has 2 aromatic carbocycles. The maximum atomic E-state index is 12.6. The maximum Gasteiger partial charge on any atom is 0.258 e. The van der Waals surface area contributed by atoms with Crippen LogP contribution in [0.3, 0.4) is 0 Å². The van der Waals surface area contributed by atoms with Crippen LogP contribution >= 0.6 is 23.2 Å². The van der Waals surface area contributed by atoms with Gasteiger partial charge in [0.15, 0.2) is 5.78 Å². The van der Waals surface area contributed by atoms with E-state index < -0.39 is 17.7 Å². The Morgan fingerprint density at radius 2 is 1.71 bits per heavy atom. The maximum absolute atomic E-state index is 12.6. The molecule has 0 fully saturated rings. The summed E-state index contributed by atoms with van der Waals surface area (Å²) in [4.78, 5) is 24.6. The number of azo groups is 1. The second-order valence-electron chi connectivity index (χ2n) is 5.86. The van der Waals surface area contributed by atoms with Gasteiger partial charge in [-0.2, -0.15) is 10.2 Å². The number of amides is 1. The monoisotopic (exact) mass is 423 g/mol. The molecule has 1 amide bonds. The molecule has 0 heterocycles. The van der Waals surface area contributed by atoms with Crippen molar-refractivity contribution >= 4 is 46.3 Å². The van der Waals surface area contributed by atoms with Gasteiger partial charge in [0, 0.05) is 12.1 Å². The number of hydrogen-bond donors (Lipinski definition) is 1. The van der Waals surface area contributed by atoms with Crippen molar-refractivity contribution in [3.8, 4) is 11.5 Å². The lowest BCUT2D eigenvalue weighted by Crippen LogP contribution is -2.32. The quantitative estimate of drug-likeness (QED) is 0.501. The number of carbonyl (C=O) groups is 2. The number of anilines is 1. The molecule has 1 unspecified atom stereocenters. The molecule has 0 aliphatic carbocycles. The first-order valence-electron chi connectivity index (χ1n) is 8.16. The molecule has 148 valence electrons. The van der Waals surface area contributed by atoms with Gasteiger partial charge in [0.1, 0.15) is 17.2 Å². The number of ketones is 1. The number of methoxy groups -OCH3 is 2. The third-order valence-corrected chi connectivity index (χ3v) is 4.35. The predicted molar refractivity (Wildman–Crippen MR) is 108 cm³/mol. The Bertz CT molecular complexity index is 932. The number of ether oxygens (including phenoxy) is 2. The first-order chi connectivity index (χ1) is 13.3. The average molecular weight is 424 g/mol. The number of Topliss-reactive ketones (excluding diaryl/α,β-unsaturated/α-hetero) is 1. The smallest absolute Gasteiger partial charge is 0.258 e. The molecule has 0 aliphatic heterocycles. The molecule has 0 bridgehead atoms. The highest BCUT2D eigenvalue weighted by Crippen LogP contribution is 2.36. The van der Waals surface area contributed by atoms with Crippen LogP contribution in [0.1, 0.15) is 12.5 Å². The third kappa shape index (κ3) is 5.21. The summed E-state index contributed by atoms with van der Waals surface area (Å²) in [7, 11) is 2.87. The van der Waals surface area contributed by atoms with Gasteiger partial charge in [0.05, 0.1) is 30.0 Å². The molecular weight excluding hydrogens is 405 g/mol. The van der Waals surface area contributed by atoms with Gasteiger partial charge >= 0.3 is 0 Å². The minimum absolute atomic E-state index is 0.281. The van der Waals surface area contributed by atoms with E-state index in [1.54, 1.807) is 18.2 Å². The predicted octanol–water partition coefficient (Wildman–Crippen LogP) is 5.00. The fraction of sp³-hybridized carbons (Fsp3) is 0.263. The normalized spacial score (nSPS) is 11.9. The van der Waals surface area contributed by atoms with E-state index in [1.807, 2.05) is 6.92 Å². The summed E-state index contributed by atoms with van der Waals surface area (Å²) in [5.41, 5.74) is 1.59. The summed E-state index contributed by atoms with van der Waals surface area (Å²) in [6.45, 7) is 3.13. The van der Waals surface area contributed by atoms with Crippen LogP contribution < -0.4 is 14.8 Å². The number of rotatable bonds is 7. The zero-order chi connectivity index (χ0) is 20.8. The fourth-order valence-corrected chi connectivity index (χ4v) is 2.79. The first kappa shape index (κ1) is 21.7. The third-order valence-electron chi connectivity index (χ3n) is 3.75. The summed E-state index contributed by atoms with van der Waals surface area (Å²) in [5, 5.41) is 11.1. The lowest BCUT2D eigenvalue weighted by Gasteiger charge is -2.14. The number of hydrogen-bond acceptors (Lipinski definition) is 6. The lowest BCUT2D eigenvalue weighted by molar-refractivity contribution is -0.126. The molecule has 7 nitrogen and oxygen atoms in total. The second-order valence-corrected chi connectivity index (χ2v) is 6.67. The summed E-state index contributed by atoms with van der Waals surface area (Å²) < 4.78 is 10.4. The fourth-order valence-electron chi connectivity index (χ4n) is 2.29. The second kappa shape index (κ2) is 9.52. The van der Waals surface area contributed by atoms with Gasteiger partial charge in [0.25, 0.3) is 5.91 Å². The van der Waals surface area contributed by atoms with E-state index >= 15 is 0 Å². The Morgan fingerprint density at radius 3 is 2.29 bits per heavy atom. The van der Waals surface area contributed by atoms with E-state index in [-0.39, 0.29) is 5.69 Å². The van der Waals surface area contributed by atoms with Gasteiger partial charge in [-0.15, -0.1) is 0 Å². The van der Waals surface area contributed by atoms with Crippen LogP contribution in [0, 0.1) is 6.92 Å². The van der Waals surface area contributed by atoms with Crippen LogP contribution in [0.25, 0.3) is 0 Å². The zero-order valence-electron chi connectivity index (χ0n) is 15.7. The number of aryl methyl sites for hydroxylation is 1. The number of carbonyl (C=O) groups excluding carboxylic acids is 2. The van der Waals surface area contributed by atoms with Crippen molar-refractivity contribution in [3.63, 3.8) is 0 Å². The van der Waals surface area contributed by atoms with Gasteiger partial charge in [0.2, 0.25) is 6.04 Å². The largest absolute Gasteiger partial charge is 0.495 e. The number of nitrogens with zero attached hydrogens (tertiary/aromatic N) is 2. The number of halogens is 2. The molecule has 0 saturated carbocycles. The van der Waals surface area contributed by atoms with Crippen molar-refractivity contribution in [2.75, 3.05) is 19.5 Å². The van der Waals surface area contributed by atoms with Crippen molar-refractivity contribution in [1.82, 2.24) is 0 Å². The van der Waals surface area contributed by atoms with Crippen LogP contribution in [0.2, 0.25) is 10.0 Å².